The molecule has 0 saturated heterocycles. The maximum atomic E-state index is 11.1. The van der Waals surface area contributed by atoms with E-state index in [9.17, 15) is 20.0 Å². The molecule has 0 aliphatic carbocycles. The van der Waals surface area contributed by atoms with Crippen molar-refractivity contribution < 1.29 is 37.7 Å². The standard InChI is InChI=1S/C10H12N2O5.ClH/c1-17-10(14)7(11)4-6-2-3-9(13)8(5-6)12(15)16;/h2-3,5,7,13H,4,11H2,1H3;1H. The molecular formula is C10H13ClN2O5. The van der Waals surface area contributed by atoms with Crippen molar-refractivity contribution in [3.8, 4) is 5.75 Å². The summed E-state index contributed by atoms with van der Waals surface area (Å²) in [5, 5.41) is 19.8. The Bertz CT molecular complexity index is 452. The Morgan fingerprint density at radius 2 is 2.22 bits per heavy atom. The van der Waals surface area contributed by atoms with Gasteiger partial charge in [-0.2, -0.15) is 0 Å². The summed E-state index contributed by atoms with van der Waals surface area (Å²) >= 11 is 0. The van der Waals surface area contributed by atoms with Crippen molar-refractivity contribution in [3.63, 3.8) is 0 Å². The summed E-state index contributed by atoms with van der Waals surface area (Å²) in [6, 6.07) is 3.31. The molecule has 1 aromatic rings. The summed E-state index contributed by atoms with van der Waals surface area (Å²) in [7, 11) is 1.25. The molecular weight excluding hydrogens is 264 g/mol. The van der Waals surface area contributed by atoms with Crippen LogP contribution in [-0.4, -0.2) is 29.2 Å². The number of hydrogen-bond donors (Lipinski definition) is 2. The van der Waals surface area contributed by atoms with Gasteiger partial charge in [-0.15, -0.1) is 0 Å². The van der Waals surface area contributed by atoms with Crippen LogP contribution in [-0.2, 0) is 16.0 Å². The largest absolute Gasteiger partial charge is 1.00 e. The number of halogens is 1. The van der Waals surface area contributed by atoms with Crippen LogP contribution in [0.15, 0.2) is 18.2 Å². The Hall–Kier alpha value is -1.86. The lowest BCUT2D eigenvalue weighted by molar-refractivity contribution is -0.407. The van der Waals surface area contributed by atoms with Gasteiger partial charge in [0.2, 0.25) is 0 Å². The number of nitro groups is 1. The van der Waals surface area contributed by atoms with Crippen molar-refractivity contribution in [2.24, 2.45) is 0 Å². The summed E-state index contributed by atoms with van der Waals surface area (Å²) in [6.45, 7) is 0. The minimum atomic E-state index is -0.685. The lowest BCUT2D eigenvalue weighted by atomic mass is 10.1. The van der Waals surface area contributed by atoms with Gasteiger partial charge < -0.3 is 28.0 Å². The third kappa shape index (κ3) is 3.86. The Morgan fingerprint density at radius 3 is 2.72 bits per heavy atom. The van der Waals surface area contributed by atoms with Crippen LogP contribution < -0.4 is 18.1 Å². The van der Waals surface area contributed by atoms with Crippen molar-refractivity contribution in [2.75, 3.05) is 7.11 Å². The quantitative estimate of drug-likeness (QED) is 0.338. The first-order valence-corrected chi connectivity index (χ1v) is 4.83. The van der Waals surface area contributed by atoms with Gasteiger partial charge in [-0.1, -0.05) is 6.07 Å². The fourth-order valence-electron chi connectivity index (χ4n) is 1.38. The average molecular weight is 277 g/mol. The number of nitrogens with zero attached hydrogens (tertiary/aromatic N) is 1. The van der Waals surface area contributed by atoms with Gasteiger partial charge in [-0.05, 0) is 11.6 Å². The molecule has 8 heteroatoms. The highest BCUT2D eigenvalue weighted by Crippen LogP contribution is 2.26. The zero-order valence-corrected chi connectivity index (χ0v) is 10.4. The Labute approximate surface area is 109 Å². The fourth-order valence-corrected chi connectivity index (χ4v) is 1.38. The number of methoxy groups -OCH3 is 1. The molecule has 0 aliphatic rings. The second-order valence-electron chi connectivity index (χ2n) is 3.50. The van der Waals surface area contributed by atoms with Gasteiger partial charge in [0, 0.05) is 12.5 Å². The number of phenolic OH excluding ortho intramolecular Hbond substituents is 1. The number of phenols is 1. The average Bonchev–Trinajstić information content (AvgIpc) is 2.30. The van der Waals surface area contributed by atoms with E-state index in [1.54, 1.807) is 0 Å². The van der Waals surface area contributed by atoms with Gasteiger partial charge in [-0.3, -0.25) is 10.1 Å². The van der Waals surface area contributed by atoms with Crippen LogP contribution in [0.3, 0.4) is 0 Å². The number of ether oxygens (including phenoxy) is 1. The number of carbonyl (C=O) groups is 1. The maximum Gasteiger partial charge on any atom is 0.364 e. The summed E-state index contributed by atoms with van der Waals surface area (Å²) in [6.07, 6.45) is 0.216. The van der Waals surface area contributed by atoms with Gasteiger partial charge in [-0.25, -0.2) is 4.79 Å². The van der Waals surface area contributed by atoms with E-state index in [2.05, 4.69) is 10.5 Å². The van der Waals surface area contributed by atoms with Crippen LogP contribution in [0, 0.1) is 10.1 Å². The first-order valence-electron chi connectivity index (χ1n) is 4.83. The van der Waals surface area contributed by atoms with E-state index in [1.807, 2.05) is 0 Å². The normalized spacial score (nSPS) is 11.2. The molecule has 18 heavy (non-hydrogen) atoms. The number of nitro benzene ring substituents is 1. The molecule has 1 unspecified atom stereocenters. The van der Waals surface area contributed by atoms with Gasteiger partial charge in [0.1, 0.15) is 0 Å². The molecule has 0 aromatic heterocycles. The molecule has 1 atom stereocenters. The number of quaternary nitrogens is 1. The van der Waals surface area contributed by atoms with Crippen molar-refractivity contribution in [3.05, 3.63) is 33.9 Å². The molecule has 7 nitrogen and oxygen atoms in total. The van der Waals surface area contributed by atoms with Crippen LogP contribution in [0.25, 0.3) is 0 Å². The van der Waals surface area contributed by atoms with Crippen molar-refractivity contribution >= 4 is 11.7 Å². The van der Waals surface area contributed by atoms with E-state index in [0.29, 0.717) is 5.56 Å². The first kappa shape index (κ1) is 16.1. The number of rotatable bonds is 4. The van der Waals surface area contributed by atoms with E-state index in [4.69, 9.17) is 0 Å². The zero-order valence-electron chi connectivity index (χ0n) is 9.63. The van der Waals surface area contributed by atoms with Gasteiger partial charge >= 0.3 is 11.7 Å². The number of hydrogen-bond acceptors (Lipinski definition) is 5. The minimum Gasteiger partial charge on any atom is -1.00 e. The lowest BCUT2D eigenvalue weighted by Crippen LogP contribution is -3.00. The molecule has 1 aromatic carbocycles. The smallest absolute Gasteiger partial charge is 0.364 e. The van der Waals surface area contributed by atoms with Gasteiger partial charge in [0.15, 0.2) is 11.8 Å². The monoisotopic (exact) mass is 276 g/mol. The van der Waals surface area contributed by atoms with E-state index in [-0.39, 0.29) is 24.5 Å². The summed E-state index contributed by atoms with van der Waals surface area (Å²) < 4.78 is 4.50. The SMILES string of the molecule is COC(=O)C([NH3+])Cc1ccc(O)c([N+](=O)[O-])c1.[Cl-]. The number of aromatic hydroxyl groups is 1. The number of benzene rings is 1. The molecule has 0 spiro atoms. The van der Waals surface area contributed by atoms with E-state index in [0.717, 1.165) is 0 Å². The molecule has 0 bridgehead atoms. The number of esters is 1. The molecule has 0 heterocycles. The van der Waals surface area contributed by atoms with E-state index in [1.165, 1.54) is 25.3 Å². The third-order valence-corrected chi connectivity index (χ3v) is 2.25. The molecule has 0 saturated carbocycles. The second-order valence-corrected chi connectivity index (χ2v) is 3.50. The predicted octanol–water partition coefficient (Wildman–Crippen LogP) is -3.37. The Kier molecular flexibility index (Phi) is 6.07. The number of carbonyl (C=O) groups excluding carboxylic acids is 1. The predicted molar refractivity (Wildman–Crippen MR) is 57.2 cm³/mol. The fraction of sp³-hybridized carbons (Fsp3) is 0.300. The highest BCUT2D eigenvalue weighted by molar-refractivity contribution is 5.74. The van der Waals surface area contributed by atoms with E-state index >= 15 is 0 Å². The topological polar surface area (TPSA) is 117 Å². The van der Waals surface area contributed by atoms with Gasteiger partial charge in [0.05, 0.1) is 12.0 Å². The second kappa shape index (κ2) is 6.77. The van der Waals surface area contributed by atoms with Crippen LogP contribution in [0.5, 0.6) is 5.75 Å². The van der Waals surface area contributed by atoms with E-state index < -0.39 is 22.7 Å². The lowest BCUT2D eigenvalue weighted by Gasteiger charge is -2.06. The van der Waals surface area contributed by atoms with Crippen molar-refractivity contribution in [1.29, 1.82) is 0 Å². The third-order valence-electron chi connectivity index (χ3n) is 2.25. The summed E-state index contributed by atoms with van der Waals surface area (Å²) in [5.41, 5.74) is 3.75. The molecule has 0 aliphatic heterocycles. The van der Waals surface area contributed by atoms with Crippen LogP contribution >= 0.6 is 0 Å². The van der Waals surface area contributed by atoms with Crippen LogP contribution in [0.4, 0.5) is 5.69 Å². The summed E-state index contributed by atoms with van der Waals surface area (Å²) in [5.74, 6) is -0.891. The maximum absolute atomic E-state index is 11.1. The molecule has 100 valence electrons. The molecule has 4 N–H and O–H groups in total. The highest BCUT2D eigenvalue weighted by Gasteiger charge is 2.20. The van der Waals surface area contributed by atoms with Crippen molar-refractivity contribution in [1.82, 2.24) is 0 Å². The molecule has 0 radical (unpaired) electrons. The van der Waals surface area contributed by atoms with Gasteiger partial charge in [0.25, 0.3) is 0 Å². The Morgan fingerprint density at radius 1 is 1.61 bits per heavy atom. The zero-order chi connectivity index (χ0) is 13.0. The van der Waals surface area contributed by atoms with Crippen molar-refractivity contribution in [2.45, 2.75) is 12.5 Å². The first-order chi connectivity index (χ1) is 7.95. The molecule has 0 fully saturated rings. The summed E-state index contributed by atoms with van der Waals surface area (Å²) in [4.78, 5) is 21.0. The molecule has 1 rings (SSSR count). The minimum absolute atomic E-state index is 0. The Balaban J connectivity index is 0.00000289. The molecule has 0 amide bonds. The van der Waals surface area contributed by atoms with Crippen LogP contribution in [0.2, 0.25) is 0 Å². The van der Waals surface area contributed by atoms with Crippen LogP contribution in [0.1, 0.15) is 5.56 Å². The highest BCUT2D eigenvalue weighted by atomic mass is 35.5.